The highest BCUT2D eigenvalue weighted by Crippen LogP contribution is 2.40. The van der Waals surface area contributed by atoms with Crippen molar-refractivity contribution in [2.45, 2.75) is 39.0 Å². The average Bonchev–Trinajstić information content (AvgIpc) is 3.35. The van der Waals surface area contributed by atoms with Gasteiger partial charge in [0.25, 0.3) is 0 Å². The van der Waals surface area contributed by atoms with Gasteiger partial charge in [0.15, 0.2) is 11.5 Å². The third-order valence-electron chi connectivity index (χ3n) is 5.37. The molecule has 0 radical (unpaired) electrons. The van der Waals surface area contributed by atoms with Crippen LogP contribution in [0.2, 0.25) is 0 Å². The second kappa shape index (κ2) is 13.1. The topological polar surface area (TPSA) is 99.3 Å². The van der Waals surface area contributed by atoms with Crippen LogP contribution in [0.1, 0.15) is 25.3 Å². The Labute approximate surface area is 206 Å². The Morgan fingerprint density at radius 3 is 2.29 bits per heavy atom. The Kier molecular flexibility index (Phi) is 9.89. The van der Waals surface area contributed by atoms with Crippen LogP contribution in [0.5, 0.6) is 17.2 Å². The fourth-order valence-corrected chi connectivity index (χ4v) is 3.67. The molecule has 190 valence electrons. The van der Waals surface area contributed by atoms with Crippen molar-refractivity contribution in [3.8, 4) is 28.6 Å². The first-order valence-corrected chi connectivity index (χ1v) is 11.6. The van der Waals surface area contributed by atoms with Crippen molar-refractivity contribution in [2.24, 2.45) is 0 Å². The van der Waals surface area contributed by atoms with Crippen molar-refractivity contribution in [3.63, 3.8) is 0 Å². The SMILES string of the molecule is COc1cc(-c2noc(CCN(Cc3ccccc3)C[C@@H](O)COC(C)C)n2)cc(OC)c1OC. The molecule has 0 aliphatic heterocycles. The van der Waals surface area contributed by atoms with E-state index in [1.165, 1.54) is 0 Å². The van der Waals surface area contributed by atoms with Crippen molar-refractivity contribution in [3.05, 3.63) is 53.9 Å². The van der Waals surface area contributed by atoms with Gasteiger partial charge in [-0.25, -0.2) is 0 Å². The predicted octanol–water partition coefficient (Wildman–Crippen LogP) is 3.59. The van der Waals surface area contributed by atoms with Gasteiger partial charge in [-0.1, -0.05) is 35.5 Å². The van der Waals surface area contributed by atoms with Crippen molar-refractivity contribution in [1.82, 2.24) is 15.0 Å². The zero-order valence-electron chi connectivity index (χ0n) is 21.1. The van der Waals surface area contributed by atoms with Gasteiger partial charge >= 0.3 is 0 Å². The summed E-state index contributed by atoms with van der Waals surface area (Å²) >= 11 is 0. The van der Waals surface area contributed by atoms with E-state index in [2.05, 4.69) is 27.2 Å². The molecule has 0 saturated carbocycles. The van der Waals surface area contributed by atoms with E-state index < -0.39 is 6.10 Å². The molecule has 2 aromatic carbocycles. The number of ether oxygens (including phenoxy) is 4. The first-order valence-electron chi connectivity index (χ1n) is 11.6. The highest BCUT2D eigenvalue weighted by molar-refractivity contribution is 5.66. The highest BCUT2D eigenvalue weighted by Gasteiger charge is 2.19. The van der Waals surface area contributed by atoms with Crippen LogP contribution in [0.15, 0.2) is 47.0 Å². The Morgan fingerprint density at radius 2 is 1.69 bits per heavy atom. The van der Waals surface area contributed by atoms with Gasteiger partial charge in [-0.2, -0.15) is 4.98 Å². The van der Waals surface area contributed by atoms with Gasteiger partial charge in [-0.3, -0.25) is 4.90 Å². The van der Waals surface area contributed by atoms with Crippen LogP contribution in [-0.2, 0) is 17.7 Å². The van der Waals surface area contributed by atoms with Crippen LogP contribution in [0.3, 0.4) is 0 Å². The van der Waals surface area contributed by atoms with E-state index in [0.29, 0.717) is 60.6 Å². The molecule has 1 atom stereocenters. The predicted molar refractivity (Wildman–Crippen MR) is 132 cm³/mol. The van der Waals surface area contributed by atoms with Crippen molar-refractivity contribution >= 4 is 0 Å². The Bertz CT molecular complexity index is 1020. The number of aliphatic hydroxyl groups is 1. The van der Waals surface area contributed by atoms with Gasteiger partial charge in [0.2, 0.25) is 17.5 Å². The Hall–Kier alpha value is -3.14. The third kappa shape index (κ3) is 7.68. The monoisotopic (exact) mass is 485 g/mol. The van der Waals surface area contributed by atoms with E-state index in [1.54, 1.807) is 33.5 Å². The zero-order chi connectivity index (χ0) is 25.2. The smallest absolute Gasteiger partial charge is 0.228 e. The van der Waals surface area contributed by atoms with E-state index in [-0.39, 0.29) is 12.7 Å². The largest absolute Gasteiger partial charge is 0.493 e. The number of rotatable bonds is 14. The molecular weight excluding hydrogens is 450 g/mol. The van der Waals surface area contributed by atoms with Crippen LogP contribution >= 0.6 is 0 Å². The second-order valence-electron chi connectivity index (χ2n) is 8.43. The number of aromatic nitrogens is 2. The maximum Gasteiger partial charge on any atom is 0.228 e. The van der Waals surface area contributed by atoms with E-state index in [4.69, 9.17) is 23.5 Å². The van der Waals surface area contributed by atoms with Gasteiger partial charge in [0.05, 0.1) is 40.1 Å². The molecular formula is C26H35N3O6. The molecule has 1 heterocycles. The van der Waals surface area contributed by atoms with Gasteiger partial charge in [-0.15, -0.1) is 0 Å². The van der Waals surface area contributed by atoms with E-state index in [1.807, 2.05) is 32.0 Å². The van der Waals surface area contributed by atoms with Crippen LogP contribution in [0, 0.1) is 0 Å². The van der Waals surface area contributed by atoms with Crippen LogP contribution < -0.4 is 14.2 Å². The Morgan fingerprint density at radius 1 is 1.00 bits per heavy atom. The maximum atomic E-state index is 10.5. The first kappa shape index (κ1) is 26.5. The molecule has 0 amide bonds. The quantitative estimate of drug-likeness (QED) is 0.367. The summed E-state index contributed by atoms with van der Waals surface area (Å²) in [5.74, 6) is 2.46. The molecule has 9 heteroatoms. The van der Waals surface area contributed by atoms with Crippen molar-refractivity contribution < 1.29 is 28.6 Å². The fourth-order valence-electron chi connectivity index (χ4n) is 3.67. The van der Waals surface area contributed by atoms with E-state index in [0.717, 1.165) is 5.56 Å². The normalized spacial score (nSPS) is 12.2. The molecule has 0 spiro atoms. The molecule has 1 N–H and O–H groups in total. The van der Waals surface area contributed by atoms with E-state index in [9.17, 15) is 5.11 Å². The molecule has 0 fully saturated rings. The lowest BCUT2D eigenvalue weighted by Gasteiger charge is -2.25. The molecule has 3 aromatic rings. The van der Waals surface area contributed by atoms with Crippen molar-refractivity contribution in [2.75, 3.05) is 41.0 Å². The minimum absolute atomic E-state index is 0.0687. The van der Waals surface area contributed by atoms with Crippen molar-refractivity contribution in [1.29, 1.82) is 0 Å². The molecule has 0 aliphatic carbocycles. The third-order valence-corrected chi connectivity index (χ3v) is 5.37. The van der Waals surface area contributed by atoms with Gasteiger partial charge < -0.3 is 28.6 Å². The Balaban J connectivity index is 1.71. The number of nitrogens with zero attached hydrogens (tertiary/aromatic N) is 3. The number of benzene rings is 2. The van der Waals surface area contributed by atoms with Gasteiger partial charge in [0.1, 0.15) is 0 Å². The lowest BCUT2D eigenvalue weighted by molar-refractivity contribution is -0.00957. The number of aliphatic hydroxyl groups excluding tert-OH is 1. The number of methoxy groups -OCH3 is 3. The lowest BCUT2D eigenvalue weighted by Crippen LogP contribution is -2.36. The number of hydrogen-bond acceptors (Lipinski definition) is 9. The molecule has 35 heavy (non-hydrogen) atoms. The average molecular weight is 486 g/mol. The first-order chi connectivity index (χ1) is 16.9. The summed E-state index contributed by atoms with van der Waals surface area (Å²) in [4.78, 5) is 6.72. The molecule has 0 unspecified atom stereocenters. The molecule has 1 aromatic heterocycles. The van der Waals surface area contributed by atoms with Gasteiger partial charge in [0, 0.05) is 31.6 Å². The summed E-state index contributed by atoms with van der Waals surface area (Å²) < 4.78 is 27.3. The molecule has 3 rings (SSSR count). The van der Waals surface area contributed by atoms with E-state index >= 15 is 0 Å². The summed E-state index contributed by atoms with van der Waals surface area (Å²) in [6.07, 6.45) is -0.0000115. The summed E-state index contributed by atoms with van der Waals surface area (Å²) in [6, 6.07) is 13.7. The molecule has 0 saturated heterocycles. The van der Waals surface area contributed by atoms with Crippen LogP contribution in [-0.4, -0.2) is 73.4 Å². The highest BCUT2D eigenvalue weighted by atomic mass is 16.5. The molecule has 9 nitrogen and oxygen atoms in total. The van der Waals surface area contributed by atoms with Gasteiger partial charge in [-0.05, 0) is 31.5 Å². The van der Waals surface area contributed by atoms with Crippen LogP contribution in [0.4, 0.5) is 0 Å². The molecule has 0 bridgehead atoms. The summed E-state index contributed by atoms with van der Waals surface area (Å²) in [7, 11) is 4.68. The lowest BCUT2D eigenvalue weighted by atomic mass is 10.1. The molecule has 0 aliphatic rings. The summed E-state index contributed by atoms with van der Waals surface area (Å²) in [6.45, 7) is 5.98. The summed E-state index contributed by atoms with van der Waals surface area (Å²) in [5.41, 5.74) is 1.85. The standard InChI is InChI=1S/C26H35N3O6/c1-18(2)34-17-21(30)16-29(15-19-9-7-6-8-10-19)12-11-24-27-26(28-35-24)20-13-22(31-3)25(33-5)23(14-20)32-4/h6-10,13-14,18,21,30H,11-12,15-17H2,1-5H3/t21-/m1/s1. The number of hydrogen-bond donors (Lipinski definition) is 1. The fraction of sp³-hybridized carbons (Fsp3) is 0.462. The summed E-state index contributed by atoms with van der Waals surface area (Å²) in [5, 5.41) is 14.6. The second-order valence-corrected chi connectivity index (χ2v) is 8.43. The minimum Gasteiger partial charge on any atom is -0.493 e. The minimum atomic E-state index is -0.599. The van der Waals surface area contributed by atoms with Crippen LogP contribution in [0.25, 0.3) is 11.4 Å². The maximum absolute atomic E-state index is 10.5. The zero-order valence-corrected chi connectivity index (χ0v) is 21.1.